The number of hydrogen-bond donors (Lipinski definition) is 1. The van der Waals surface area contributed by atoms with Crippen LogP contribution in [0.1, 0.15) is 35.2 Å². The summed E-state index contributed by atoms with van der Waals surface area (Å²) in [5.74, 6) is -0.304. The molecule has 128 valence electrons. The Kier molecular flexibility index (Phi) is 3.99. The molecule has 0 spiro atoms. The second kappa shape index (κ2) is 6.31. The molecule has 2 aromatic carbocycles. The molecule has 4 nitrogen and oxygen atoms in total. The van der Waals surface area contributed by atoms with Gasteiger partial charge in [-0.2, -0.15) is 0 Å². The Balaban J connectivity index is 1.57. The van der Waals surface area contributed by atoms with E-state index in [4.69, 9.17) is 0 Å². The van der Waals surface area contributed by atoms with Crippen LogP contribution in [0.15, 0.2) is 42.5 Å². The van der Waals surface area contributed by atoms with E-state index in [1.54, 1.807) is 0 Å². The van der Waals surface area contributed by atoms with Gasteiger partial charge in [-0.3, -0.25) is 9.59 Å². The molecule has 1 aliphatic heterocycles. The average Bonchev–Trinajstić information content (AvgIpc) is 3.46. The standard InChI is InChI=1S/C20H19FN2O2/c21-16-8-5-14(6-9-16)19(24)22-17-10-7-13-2-1-11-23(18(13)12-17)20(25)15-3-4-15/h5-10,12,15H,1-4,11H2,(H,22,24). The van der Waals surface area contributed by atoms with Crippen molar-refractivity contribution in [3.8, 4) is 0 Å². The van der Waals surface area contributed by atoms with E-state index in [-0.39, 0.29) is 23.5 Å². The Hall–Kier alpha value is -2.69. The van der Waals surface area contributed by atoms with Crippen LogP contribution >= 0.6 is 0 Å². The lowest BCUT2D eigenvalue weighted by atomic mass is 10.0. The van der Waals surface area contributed by atoms with Crippen LogP contribution in [0.4, 0.5) is 15.8 Å². The van der Waals surface area contributed by atoms with E-state index >= 15 is 0 Å². The van der Waals surface area contributed by atoms with E-state index in [2.05, 4.69) is 5.32 Å². The molecule has 5 heteroatoms. The summed E-state index contributed by atoms with van der Waals surface area (Å²) in [7, 11) is 0. The van der Waals surface area contributed by atoms with E-state index in [1.807, 2.05) is 23.1 Å². The first-order chi connectivity index (χ1) is 12.1. The number of carbonyl (C=O) groups is 2. The Bertz CT molecular complexity index is 828. The lowest BCUT2D eigenvalue weighted by molar-refractivity contribution is -0.119. The zero-order valence-electron chi connectivity index (χ0n) is 13.8. The number of amides is 2. The zero-order valence-corrected chi connectivity index (χ0v) is 13.8. The molecule has 2 aliphatic rings. The van der Waals surface area contributed by atoms with Crippen molar-refractivity contribution in [3.05, 3.63) is 59.4 Å². The lowest BCUT2D eigenvalue weighted by Crippen LogP contribution is -2.36. The van der Waals surface area contributed by atoms with Gasteiger partial charge in [0, 0.05) is 29.4 Å². The molecule has 1 N–H and O–H groups in total. The van der Waals surface area contributed by atoms with Crippen LogP contribution in [0.5, 0.6) is 0 Å². The predicted octanol–water partition coefficient (Wildman–Crippen LogP) is 3.77. The molecular formula is C20H19FN2O2. The topological polar surface area (TPSA) is 49.4 Å². The second-order valence-electron chi connectivity index (χ2n) is 6.67. The molecule has 1 heterocycles. The zero-order chi connectivity index (χ0) is 17.4. The molecule has 25 heavy (non-hydrogen) atoms. The van der Waals surface area contributed by atoms with Gasteiger partial charge in [-0.1, -0.05) is 6.07 Å². The molecule has 0 aromatic heterocycles. The molecule has 0 atom stereocenters. The van der Waals surface area contributed by atoms with E-state index in [1.165, 1.54) is 24.3 Å². The highest BCUT2D eigenvalue weighted by atomic mass is 19.1. The number of nitrogens with zero attached hydrogens (tertiary/aromatic N) is 1. The van der Waals surface area contributed by atoms with Gasteiger partial charge < -0.3 is 10.2 Å². The molecular weight excluding hydrogens is 319 g/mol. The number of benzene rings is 2. The van der Waals surface area contributed by atoms with Gasteiger partial charge in [-0.15, -0.1) is 0 Å². The van der Waals surface area contributed by atoms with E-state index in [0.29, 0.717) is 11.3 Å². The highest BCUT2D eigenvalue weighted by Gasteiger charge is 2.35. The van der Waals surface area contributed by atoms with Gasteiger partial charge in [0.2, 0.25) is 5.91 Å². The van der Waals surface area contributed by atoms with E-state index in [0.717, 1.165) is 43.5 Å². The summed E-state index contributed by atoms with van der Waals surface area (Å²) in [6, 6.07) is 11.1. The number of nitrogens with one attached hydrogen (secondary N) is 1. The number of hydrogen-bond acceptors (Lipinski definition) is 2. The fourth-order valence-corrected chi connectivity index (χ4v) is 3.24. The van der Waals surface area contributed by atoms with Crippen molar-refractivity contribution >= 4 is 23.2 Å². The van der Waals surface area contributed by atoms with Gasteiger partial charge >= 0.3 is 0 Å². The highest BCUT2D eigenvalue weighted by molar-refractivity contribution is 6.05. The van der Waals surface area contributed by atoms with Gasteiger partial charge in [-0.25, -0.2) is 4.39 Å². The molecule has 4 rings (SSSR count). The van der Waals surface area contributed by atoms with Crippen LogP contribution in [0.3, 0.4) is 0 Å². The Labute approximate surface area is 145 Å². The third-order valence-corrected chi connectivity index (χ3v) is 4.76. The van der Waals surface area contributed by atoms with Gasteiger partial charge in [-0.05, 0) is 67.6 Å². The molecule has 1 aliphatic carbocycles. The number of anilines is 2. The van der Waals surface area contributed by atoms with Crippen LogP contribution in [-0.2, 0) is 11.2 Å². The van der Waals surface area contributed by atoms with Gasteiger partial charge in [0.25, 0.3) is 5.91 Å². The van der Waals surface area contributed by atoms with Crippen LogP contribution in [0.25, 0.3) is 0 Å². The molecule has 2 amide bonds. The maximum absolute atomic E-state index is 13.0. The van der Waals surface area contributed by atoms with Gasteiger partial charge in [0.15, 0.2) is 0 Å². The van der Waals surface area contributed by atoms with Crippen LogP contribution in [0.2, 0.25) is 0 Å². The first-order valence-electron chi connectivity index (χ1n) is 8.63. The Morgan fingerprint density at radius 2 is 1.84 bits per heavy atom. The quantitative estimate of drug-likeness (QED) is 0.926. The number of halogens is 1. The second-order valence-corrected chi connectivity index (χ2v) is 6.67. The molecule has 1 saturated carbocycles. The normalized spacial score (nSPS) is 16.3. The smallest absolute Gasteiger partial charge is 0.255 e. The molecule has 0 bridgehead atoms. The summed E-state index contributed by atoms with van der Waals surface area (Å²) in [6.45, 7) is 0.734. The predicted molar refractivity (Wildman–Crippen MR) is 94.2 cm³/mol. The first kappa shape index (κ1) is 15.8. The Morgan fingerprint density at radius 3 is 2.56 bits per heavy atom. The van der Waals surface area contributed by atoms with Crippen molar-refractivity contribution in [3.63, 3.8) is 0 Å². The fourth-order valence-electron chi connectivity index (χ4n) is 3.24. The molecule has 1 fully saturated rings. The van der Waals surface area contributed by atoms with E-state index < -0.39 is 0 Å². The van der Waals surface area contributed by atoms with Gasteiger partial charge in [0.1, 0.15) is 5.82 Å². The monoisotopic (exact) mass is 338 g/mol. The molecule has 0 radical (unpaired) electrons. The molecule has 2 aromatic rings. The largest absolute Gasteiger partial charge is 0.322 e. The van der Waals surface area contributed by atoms with Crippen LogP contribution < -0.4 is 10.2 Å². The van der Waals surface area contributed by atoms with Crippen molar-refractivity contribution < 1.29 is 14.0 Å². The number of carbonyl (C=O) groups excluding carboxylic acids is 2. The average molecular weight is 338 g/mol. The van der Waals surface area contributed by atoms with Crippen molar-refractivity contribution in [2.24, 2.45) is 5.92 Å². The third-order valence-electron chi connectivity index (χ3n) is 4.76. The molecule has 0 saturated heterocycles. The van der Waals surface area contributed by atoms with Crippen LogP contribution in [0, 0.1) is 11.7 Å². The highest BCUT2D eigenvalue weighted by Crippen LogP contribution is 2.36. The minimum Gasteiger partial charge on any atom is -0.322 e. The minimum atomic E-state index is -0.375. The summed E-state index contributed by atoms with van der Waals surface area (Å²) in [5, 5.41) is 2.83. The summed E-state index contributed by atoms with van der Waals surface area (Å²) < 4.78 is 13.0. The van der Waals surface area contributed by atoms with Gasteiger partial charge in [0.05, 0.1) is 0 Å². The summed E-state index contributed by atoms with van der Waals surface area (Å²) in [6.07, 6.45) is 3.86. The van der Waals surface area contributed by atoms with E-state index in [9.17, 15) is 14.0 Å². The van der Waals surface area contributed by atoms with Crippen molar-refractivity contribution in [2.75, 3.05) is 16.8 Å². The number of rotatable bonds is 3. The summed E-state index contributed by atoms with van der Waals surface area (Å²) in [4.78, 5) is 26.7. The number of aryl methyl sites for hydroxylation is 1. The third kappa shape index (κ3) is 3.27. The summed E-state index contributed by atoms with van der Waals surface area (Å²) in [5.41, 5.74) is 3.08. The first-order valence-corrected chi connectivity index (χ1v) is 8.63. The molecule has 0 unspecified atom stereocenters. The SMILES string of the molecule is O=C(Nc1ccc2c(c1)N(C(=O)C1CC1)CCC2)c1ccc(F)cc1. The lowest BCUT2D eigenvalue weighted by Gasteiger charge is -2.30. The Morgan fingerprint density at radius 1 is 1.08 bits per heavy atom. The maximum atomic E-state index is 13.0. The maximum Gasteiger partial charge on any atom is 0.255 e. The summed E-state index contributed by atoms with van der Waals surface area (Å²) >= 11 is 0. The van der Waals surface area contributed by atoms with Crippen molar-refractivity contribution in [1.82, 2.24) is 0 Å². The minimum absolute atomic E-state index is 0.170. The fraction of sp³-hybridized carbons (Fsp3) is 0.300. The number of fused-ring (bicyclic) bond motifs is 1. The van der Waals surface area contributed by atoms with Crippen molar-refractivity contribution in [2.45, 2.75) is 25.7 Å². The van der Waals surface area contributed by atoms with Crippen LogP contribution in [-0.4, -0.2) is 18.4 Å². The van der Waals surface area contributed by atoms with Crippen molar-refractivity contribution in [1.29, 1.82) is 0 Å².